The number of carbonyl (C=O) groups is 1. The van der Waals surface area contributed by atoms with E-state index in [2.05, 4.69) is 4.74 Å². The van der Waals surface area contributed by atoms with Crippen molar-refractivity contribution < 1.29 is 40.6 Å². The molecule has 0 saturated carbocycles. The Balaban J connectivity index is 2.69. The molecule has 0 aliphatic heterocycles. The maximum absolute atomic E-state index is 13.8. The molecule has 0 aliphatic rings. The average Bonchev–Trinajstić information content (AvgIpc) is 2.70. The summed E-state index contributed by atoms with van der Waals surface area (Å²) in [6.07, 6.45) is -9.30. The second-order valence-electron chi connectivity index (χ2n) is 6.30. The summed E-state index contributed by atoms with van der Waals surface area (Å²) in [5, 5.41) is -0.627. The number of ether oxygens (including phenoxy) is 2. The smallest absolute Gasteiger partial charge is 0.417 e. The van der Waals surface area contributed by atoms with Crippen LogP contribution in [0.1, 0.15) is 33.0 Å². The summed E-state index contributed by atoms with van der Waals surface area (Å²) in [5.41, 5.74) is -2.96. The number of alkyl halides is 6. The Bertz CT molecular complexity index is 1020. The second kappa shape index (κ2) is 9.80. The van der Waals surface area contributed by atoms with Gasteiger partial charge in [0.15, 0.2) is 0 Å². The molecule has 0 saturated heterocycles. The van der Waals surface area contributed by atoms with Gasteiger partial charge in [-0.25, -0.2) is 4.79 Å². The minimum absolute atomic E-state index is 0.151. The lowest BCUT2D eigenvalue weighted by Crippen LogP contribution is -2.20. The molecular formula is C20H13Cl3F6O3. The Morgan fingerprint density at radius 3 is 1.94 bits per heavy atom. The molecule has 1 atom stereocenters. The maximum Gasteiger partial charge on any atom is 0.417 e. The fourth-order valence-electron chi connectivity index (χ4n) is 2.79. The molecule has 0 fully saturated rings. The van der Waals surface area contributed by atoms with Crippen LogP contribution in [0.5, 0.6) is 0 Å². The van der Waals surface area contributed by atoms with Crippen LogP contribution < -0.4 is 0 Å². The highest BCUT2D eigenvalue weighted by Gasteiger charge is 2.41. The molecule has 0 aliphatic carbocycles. The van der Waals surface area contributed by atoms with Gasteiger partial charge in [-0.15, -0.1) is 0 Å². The Hall–Kier alpha value is -2.10. The first kappa shape index (κ1) is 26.2. The van der Waals surface area contributed by atoms with E-state index < -0.39 is 46.7 Å². The molecule has 2 aromatic rings. The van der Waals surface area contributed by atoms with Crippen LogP contribution >= 0.6 is 34.8 Å². The lowest BCUT2D eigenvalue weighted by molar-refractivity contribution is -0.140. The third-order valence-corrected chi connectivity index (χ3v) is 5.47. The molecule has 32 heavy (non-hydrogen) atoms. The largest absolute Gasteiger partial charge is 0.496 e. The number of carbonyl (C=O) groups excluding carboxylic acids is 1. The fourth-order valence-corrected chi connectivity index (χ4v) is 3.40. The molecule has 0 spiro atoms. The van der Waals surface area contributed by atoms with E-state index in [1.165, 1.54) is 0 Å². The van der Waals surface area contributed by atoms with Gasteiger partial charge in [-0.05, 0) is 35.9 Å². The lowest BCUT2D eigenvalue weighted by Gasteiger charge is -2.20. The van der Waals surface area contributed by atoms with Crippen LogP contribution in [0.3, 0.4) is 0 Å². The number of methoxy groups -OCH3 is 2. The molecular weight excluding hydrogens is 509 g/mol. The van der Waals surface area contributed by atoms with Gasteiger partial charge in [0, 0.05) is 5.56 Å². The van der Waals surface area contributed by atoms with E-state index in [9.17, 15) is 31.1 Å². The van der Waals surface area contributed by atoms with Crippen molar-refractivity contribution in [1.29, 1.82) is 0 Å². The Labute approximate surface area is 193 Å². The van der Waals surface area contributed by atoms with E-state index in [-0.39, 0.29) is 20.6 Å². The number of halogens is 9. The van der Waals surface area contributed by atoms with Crippen LogP contribution in [-0.4, -0.2) is 26.4 Å². The summed E-state index contributed by atoms with van der Waals surface area (Å²) in [5.74, 6) is -4.14. The van der Waals surface area contributed by atoms with Gasteiger partial charge < -0.3 is 9.47 Å². The van der Waals surface area contributed by atoms with Gasteiger partial charge in [-0.1, -0.05) is 40.9 Å². The minimum atomic E-state index is -4.99. The van der Waals surface area contributed by atoms with Crippen molar-refractivity contribution >= 4 is 46.5 Å². The summed E-state index contributed by atoms with van der Waals surface area (Å²) in [6.45, 7) is 0. The van der Waals surface area contributed by atoms with Crippen LogP contribution in [0.15, 0.2) is 36.4 Å². The van der Waals surface area contributed by atoms with Gasteiger partial charge in [0.25, 0.3) is 0 Å². The molecule has 0 amide bonds. The van der Waals surface area contributed by atoms with Crippen molar-refractivity contribution in [1.82, 2.24) is 0 Å². The lowest BCUT2D eigenvalue weighted by atomic mass is 9.95. The summed E-state index contributed by atoms with van der Waals surface area (Å²) >= 11 is 17.4. The van der Waals surface area contributed by atoms with Crippen LogP contribution in [0.4, 0.5) is 26.3 Å². The highest BCUT2D eigenvalue weighted by molar-refractivity contribution is 6.48. The van der Waals surface area contributed by atoms with Gasteiger partial charge >= 0.3 is 18.3 Å². The zero-order valence-electron chi connectivity index (χ0n) is 16.2. The van der Waals surface area contributed by atoms with Gasteiger partial charge in [0.2, 0.25) is 0 Å². The molecule has 0 radical (unpaired) electrons. The van der Waals surface area contributed by atoms with Gasteiger partial charge in [0.05, 0.1) is 40.4 Å². The Morgan fingerprint density at radius 2 is 1.50 bits per heavy atom. The molecule has 2 rings (SSSR count). The van der Waals surface area contributed by atoms with Gasteiger partial charge in [-0.3, -0.25) is 0 Å². The summed E-state index contributed by atoms with van der Waals surface area (Å²) in [7, 11) is 1.88. The minimum Gasteiger partial charge on any atom is -0.496 e. The van der Waals surface area contributed by atoms with Crippen molar-refractivity contribution in [2.24, 2.45) is 0 Å². The van der Waals surface area contributed by atoms with Crippen LogP contribution in [0.25, 0.3) is 5.76 Å². The SMILES string of the molecule is COC(=O)c1ccc(/C(=C/C(c2cc(Cl)c(Cl)c(Cl)c2)C(F)(F)F)OC)cc1C(F)(F)F. The normalized spacial score (nSPS) is 13.7. The van der Waals surface area contributed by atoms with Crippen molar-refractivity contribution in [2.45, 2.75) is 18.3 Å². The van der Waals surface area contributed by atoms with Crippen molar-refractivity contribution in [3.63, 3.8) is 0 Å². The average molecular weight is 522 g/mol. The van der Waals surface area contributed by atoms with Crippen molar-refractivity contribution in [3.05, 3.63) is 73.7 Å². The molecule has 174 valence electrons. The fraction of sp³-hybridized carbons (Fsp3) is 0.250. The topological polar surface area (TPSA) is 35.5 Å². The highest BCUT2D eigenvalue weighted by atomic mass is 35.5. The Morgan fingerprint density at radius 1 is 0.938 bits per heavy atom. The summed E-state index contributed by atoms with van der Waals surface area (Å²) in [6, 6.07) is 4.18. The zero-order chi connectivity index (χ0) is 24.4. The third-order valence-electron chi connectivity index (χ3n) is 4.27. The molecule has 3 nitrogen and oxygen atoms in total. The first-order valence-electron chi connectivity index (χ1n) is 8.47. The van der Waals surface area contributed by atoms with Crippen LogP contribution in [0, 0.1) is 0 Å². The number of allylic oxidation sites excluding steroid dienone is 1. The standard InChI is InChI=1S/C20H13Cl3F6O3/c1-31-16(9-3-4-11(18(30)32-2)13(5-9)20(27,28)29)8-12(19(24,25)26)10-6-14(21)17(23)15(22)7-10/h3-8,12H,1-2H3/b16-8-. The van der Waals surface area contributed by atoms with E-state index in [1.807, 2.05) is 0 Å². The summed E-state index contributed by atoms with van der Waals surface area (Å²) < 4.78 is 91.0. The first-order chi connectivity index (χ1) is 14.7. The predicted octanol–water partition coefficient (Wildman–Crippen LogP) is 7.79. The molecule has 0 bridgehead atoms. The van der Waals surface area contributed by atoms with E-state index >= 15 is 0 Å². The van der Waals surface area contributed by atoms with Gasteiger partial charge in [0.1, 0.15) is 11.7 Å². The molecule has 0 aromatic heterocycles. The number of esters is 1. The molecule has 0 heterocycles. The van der Waals surface area contributed by atoms with E-state index in [4.69, 9.17) is 39.5 Å². The molecule has 0 N–H and O–H groups in total. The number of rotatable bonds is 5. The van der Waals surface area contributed by atoms with E-state index in [1.54, 1.807) is 0 Å². The quantitative estimate of drug-likeness (QED) is 0.174. The number of benzene rings is 2. The van der Waals surface area contributed by atoms with Crippen LogP contribution in [-0.2, 0) is 15.7 Å². The molecule has 2 aromatic carbocycles. The number of hydrogen-bond donors (Lipinski definition) is 0. The summed E-state index contributed by atoms with van der Waals surface area (Å²) in [4.78, 5) is 11.7. The first-order valence-corrected chi connectivity index (χ1v) is 9.61. The predicted molar refractivity (Wildman–Crippen MR) is 108 cm³/mol. The second-order valence-corrected chi connectivity index (χ2v) is 7.49. The molecule has 1 unspecified atom stereocenters. The van der Waals surface area contributed by atoms with E-state index in [0.717, 1.165) is 38.5 Å². The monoisotopic (exact) mass is 520 g/mol. The van der Waals surface area contributed by atoms with E-state index in [0.29, 0.717) is 12.1 Å². The van der Waals surface area contributed by atoms with Crippen molar-refractivity contribution in [2.75, 3.05) is 14.2 Å². The Kier molecular flexibility index (Phi) is 8.01. The highest BCUT2D eigenvalue weighted by Crippen LogP contribution is 2.42. The van der Waals surface area contributed by atoms with Gasteiger partial charge in [-0.2, -0.15) is 26.3 Å². The maximum atomic E-state index is 13.8. The number of hydrogen-bond acceptors (Lipinski definition) is 3. The van der Waals surface area contributed by atoms with Crippen molar-refractivity contribution in [3.8, 4) is 0 Å². The van der Waals surface area contributed by atoms with Crippen LogP contribution in [0.2, 0.25) is 15.1 Å². The zero-order valence-corrected chi connectivity index (χ0v) is 18.4. The third kappa shape index (κ3) is 5.82. The molecule has 12 heteroatoms.